The van der Waals surface area contributed by atoms with Gasteiger partial charge in [-0.05, 0) is 31.2 Å². The largest absolute Gasteiger partial charge is 0.338 e. The molecule has 0 unspecified atom stereocenters. The number of para-hydroxylation sites is 1. The smallest absolute Gasteiger partial charge is 0.231 e. The third kappa shape index (κ3) is 3.55. The van der Waals surface area contributed by atoms with Crippen LogP contribution in [0.1, 0.15) is 5.69 Å². The second-order valence-corrected chi connectivity index (χ2v) is 5.44. The van der Waals surface area contributed by atoms with E-state index in [9.17, 15) is 13.2 Å². The third-order valence-electron chi connectivity index (χ3n) is 3.58. The molecule has 0 spiro atoms. The molecule has 0 atom stereocenters. The van der Waals surface area contributed by atoms with Crippen LogP contribution in [0.5, 0.6) is 0 Å². The predicted molar refractivity (Wildman–Crippen MR) is 90.9 cm³/mol. The molecule has 0 fully saturated rings. The van der Waals surface area contributed by atoms with Gasteiger partial charge in [-0.3, -0.25) is 0 Å². The molecule has 0 saturated carbocycles. The maximum absolute atomic E-state index is 13.8. The lowest BCUT2D eigenvalue weighted by Crippen LogP contribution is -2.14. The lowest BCUT2D eigenvalue weighted by molar-refractivity contribution is 0.449. The van der Waals surface area contributed by atoms with Crippen LogP contribution in [0.2, 0.25) is 0 Å². The molecule has 3 rings (SSSR count). The van der Waals surface area contributed by atoms with Gasteiger partial charge in [0, 0.05) is 24.5 Å². The molecule has 25 heavy (non-hydrogen) atoms. The zero-order chi connectivity index (χ0) is 18.0. The van der Waals surface area contributed by atoms with Crippen LogP contribution in [0.3, 0.4) is 0 Å². The molecular formula is C18H15F3N4. The molecule has 3 aromatic rings. The van der Waals surface area contributed by atoms with Crippen molar-refractivity contribution < 1.29 is 13.2 Å². The molecule has 0 aliphatic carbocycles. The summed E-state index contributed by atoms with van der Waals surface area (Å²) in [4.78, 5) is 10.4. The normalized spacial score (nSPS) is 10.6. The lowest BCUT2D eigenvalue weighted by atomic mass is 10.2. The van der Waals surface area contributed by atoms with Crippen LogP contribution in [0.25, 0.3) is 0 Å². The highest BCUT2D eigenvalue weighted by Crippen LogP contribution is 2.25. The Morgan fingerprint density at radius 3 is 2.36 bits per heavy atom. The predicted octanol–water partition coefficient (Wildman–Crippen LogP) is 4.71. The molecule has 1 N–H and O–H groups in total. The Morgan fingerprint density at radius 2 is 1.64 bits per heavy atom. The van der Waals surface area contributed by atoms with E-state index in [1.54, 1.807) is 24.9 Å². The maximum Gasteiger partial charge on any atom is 0.231 e. The number of nitrogens with zero attached hydrogens (tertiary/aromatic N) is 3. The molecule has 128 valence electrons. The summed E-state index contributed by atoms with van der Waals surface area (Å²) in [5.41, 5.74) is 1.31. The zero-order valence-corrected chi connectivity index (χ0v) is 13.6. The summed E-state index contributed by atoms with van der Waals surface area (Å²) in [6, 6.07) is 13.0. The molecule has 1 aromatic heterocycles. The van der Waals surface area contributed by atoms with Crippen LogP contribution in [0.4, 0.5) is 36.3 Å². The number of rotatable bonds is 4. The highest BCUT2D eigenvalue weighted by atomic mass is 19.2. The molecule has 7 heteroatoms. The molecule has 0 aliphatic rings. The first-order valence-corrected chi connectivity index (χ1v) is 7.50. The van der Waals surface area contributed by atoms with Crippen molar-refractivity contribution in [3.05, 3.63) is 71.7 Å². The fraction of sp³-hybridized carbons (Fsp3) is 0.111. The van der Waals surface area contributed by atoms with Crippen LogP contribution in [-0.2, 0) is 0 Å². The summed E-state index contributed by atoms with van der Waals surface area (Å²) < 4.78 is 40.3. The highest BCUT2D eigenvalue weighted by molar-refractivity contribution is 5.61. The van der Waals surface area contributed by atoms with Crippen molar-refractivity contribution in [1.29, 1.82) is 0 Å². The average molecular weight is 344 g/mol. The SMILES string of the molecule is Cc1cc(Nc2ccc(F)c(F)c2F)nc(N(C)c2ccccc2)n1. The first-order valence-electron chi connectivity index (χ1n) is 7.50. The maximum atomic E-state index is 13.8. The van der Waals surface area contributed by atoms with E-state index in [-0.39, 0.29) is 11.5 Å². The third-order valence-corrected chi connectivity index (χ3v) is 3.58. The average Bonchev–Trinajstić information content (AvgIpc) is 2.62. The molecule has 1 heterocycles. The summed E-state index contributed by atoms with van der Waals surface area (Å²) in [5, 5.41) is 2.67. The van der Waals surface area contributed by atoms with Crippen molar-refractivity contribution in [1.82, 2.24) is 9.97 Å². The van der Waals surface area contributed by atoms with E-state index in [0.717, 1.165) is 17.8 Å². The van der Waals surface area contributed by atoms with E-state index in [2.05, 4.69) is 15.3 Å². The number of benzene rings is 2. The van der Waals surface area contributed by atoms with E-state index < -0.39 is 17.5 Å². The zero-order valence-electron chi connectivity index (χ0n) is 13.6. The minimum Gasteiger partial charge on any atom is -0.338 e. The van der Waals surface area contributed by atoms with Gasteiger partial charge in [-0.15, -0.1) is 0 Å². The molecule has 0 radical (unpaired) electrons. The number of aromatic nitrogens is 2. The van der Waals surface area contributed by atoms with Gasteiger partial charge in [-0.2, -0.15) is 4.98 Å². The Morgan fingerprint density at radius 1 is 0.920 bits per heavy atom. The summed E-state index contributed by atoms with van der Waals surface area (Å²) in [6.07, 6.45) is 0. The molecule has 0 bridgehead atoms. The fourth-order valence-corrected chi connectivity index (χ4v) is 2.29. The van der Waals surface area contributed by atoms with E-state index in [4.69, 9.17) is 0 Å². The Labute approximate surface area is 143 Å². The van der Waals surface area contributed by atoms with E-state index in [0.29, 0.717) is 11.6 Å². The Balaban J connectivity index is 1.94. The quantitative estimate of drug-likeness (QED) is 0.696. The first-order chi connectivity index (χ1) is 12.0. The number of nitrogens with one attached hydrogen (secondary N) is 1. The second-order valence-electron chi connectivity index (χ2n) is 5.44. The minimum absolute atomic E-state index is 0.203. The van der Waals surface area contributed by atoms with Crippen LogP contribution >= 0.6 is 0 Å². The number of anilines is 4. The lowest BCUT2D eigenvalue weighted by Gasteiger charge is -2.18. The van der Waals surface area contributed by atoms with Crippen LogP contribution in [0.15, 0.2) is 48.5 Å². The Bertz CT molecular complexity index is 900. The molecule has 4 nitrogen and oxygen atoms in total. The Hall–Kier alpha value is -3.09. The molecule has 0 amide bonds. The van der Waals surface area contributed by atoms with Crippen molar-refractivity contribution in [2.75, 3.05) is 17.3 Å². The monoisotopic (exact) mass is 344 g/mol. The summed E-state index contributed by atoms with van der Waals surface area (Å²) in [5.74, 6) is -3.41. The molecular weight excluding hydrogens is 329 g/mol. The number of aryl methyl sites for hydroxylation is 1. The van der Waals surface area contributed by atoms with Crippen molar-refractivity contribution >= 4 is 23.1 Å². The highest BCUT2D eigenvalue weighted by Gasteiger charge is 2.15. The first kappa shape index (κ1) is 16.8. The van der Waals surface area contributed by atoms with Crippen molar-refractivity contribution in [3.8, 4) is 0 Å². The van der Waals surface area contributed by atoms with Crippen LogP contribution in [0, 0.1) is 24.4 Å². The van der Waals surface area contributed by atoms with Gasteiger partial charge < -0.3 is 10.2 Å². The van der Waals surface area contributed by atoms with E-state index >= 15 is 0 Å². The van der Waals surface area contributed by atoms with Gasteiger partial charge in [0.1, 0.15) is 5.82 Å². The van der Waals surface area contributed by atoms with E-state index in [1.165, 1.54) is 0 Å². The van der Waals surface area contributed by atoms with E-state index in [1.807, 2.05) is 30.3 Å². The van der Waals surface area contributed by atoms with Crippen LogP contribution < -0.4 is 10.2 Å². The van der Waals surface area contributed by atoms with Crippen molar-refractivity contribution in [2.45, 2.75) is 6.92 Å². The summed E-state index contributed by atoms with van der Waals surface area (Å²) >= 11 is 0. The van der Waals surface area contributed by atoms with Gasteiger partial charge in [0.05, 0.1) is 5.69 Å². The topological polar surface area (TPSA) is 41.1 Å². The number of hydrogen-bond acceptors (Lipinski definition) is 4. The van der Waals surface area contributed by atoms with Gasteiger partial charge in [0.25, 0.3) is 0 Å². The van der Waals surface area contributed by atoms with Gasteiger partial charge >= 0.3 is 0 Å². The number of halogens is 3. The standard InChI is InChI=1S/C18H15F3N4/c1-11-10-15(23-14-9-8-13(19)16(20)17(14)21)24-18(22-11)25(2)12-6-4-3-5-7-12/h3-10H,1-2H3,(H,22,23,24). The summed E-state index contributed by atoms with van der Waals surface area (Å²) in [6.45, 7) is 1.76. The second kappa shape index (κ2) is 6.80. The molecule has 0 aliphatic heterocycles. The van der Waals surface area contributed by atoms with Crippen molar-refractivity contribution in [3.63, 3.8) is 0 Å². The Kier molecular flexibility index (Phi) is 4.56. The van der Waals surface area contributed by atoms with Gasteiger partial charge in [0.2, 0.25) is 5.95 Å². The van der Waals surface area contributed by atoms with Crippen LogP contribution in [-0.4, -0.2) is 17.0 Å². The summed E-state index contributed by atoms with van der Waals surface area (Å²) in [7, 11) is 1.80. The van der Waals surface area contributed by atoms with Crippen molar-refractivity contribution in [2.24, 2.45) is 0 Å². The fourth-order valence-electron chi connectivity index (χ4n) is 2.29. The van der Waals surface area contributed by atoms with Gasteiger partial charge in [-0.25, -0.2) is 18.2 Å². The number of hydrogen-bond donors (Lipinski definition) is 1. The molecule has 0 saturated heterocycles. The van der Waals surface area contributed by atoms with Gasteiger partial charge in [-0.1, -0.05) is 18.2 Å². The van der Waals surface area contributed by atoms with Gasteiger partial charge in [0.15, 0.2) is 17.5 Å². The molecule has 2 aromatic carbocycles. The minimum atomic E-state index is -1.53.